The summed E-state index contributed by atoms with van der Waals surface area (Å²) in [5.41, 5.74) is 4.06. The quantitative estimate of drug-likeness (QED) is 0.918. The molecule has 0 fully saturated rings. The molecule has 3 rings (SSSR count). The number of aryl methyl sites for hydroxylation is 1. The standard InChI is InChI=1S/C20H23NO2/c1-21(14-19(22)23)20(16-8-3-2-4-9-16)18-12-11-15-7-5-6-10-17(15)13-18/h2-10,18,20H,11-14H2,1H3,(H,22,23). The van der Waals surface area contributed by atoms with E-state index in [2.05, 4.69) is 36.4 Å². The molecule has 2 aromatic carbocycles. The molecule has 23 heavy (non-hydrogen) atoms. The summed E-state index contributed by atoms with van der Waals surface area (Å²) in [5.74, 6) is -0.332. The van der Waals surface area contributed by atoms with Gasteiger partial charge in [-0.05, 0) is 48.9 Å². The molecule has 0 saturated heterocycles. The Kier molecular flexibility index (Phi) is 4.77. The van der Waals surface area contributed by atoms with Crippen LogP contribution in [0, 0.1) is 5.92 Å². The van der Waals surface area contributed by atoms with Crippen molar-refractivity contribution in [3.63, 3.8) is 0 Å². The monoisotopic (exact) mass is 309 g/mol. The van der Waals surface area contributed by atoms with Crippen LogP contribution in [0.15, 0.2) is 54.6 Å². The number of carbonyl (C=O) groups is 1. The summed E-state index contributed by atoms with van der Waals surface area (Å²) in [4.78, 5) is 13.2. The number of carboxylic acids is 1. The van der Waals surface area contributed by atoms with Gasteiger partial charge in [-0.3, -0.25) is 9.69 Å². The maximum Gasteiger partial charge on any atom is 0.317 e. The van der Waals surface area contributed by atoms with Crippen molar-refractivity contribution in [2.45, 2.75) is 25.3 Å². The third kappa shape index (κ3) is 3.62. The Morgan fingerprint density at radius 1 is 1.13 bits per heavy atom. The summed E-state index contributed by atoms with van der Waals surface area (Å²) in [6.07, 6.45) is 3.19. The van der Waals surface area contributed by atoms with E-state index in [1.807, 2.05) is 30.1 Å². The molecule has 0 heterocycles. The lowest BCUT2D eigenvalue weighted by Crippen LogP contribution is -2.36. The molecule has 0 saturated carbocycles. The zero-order chi connectivity index (χ0) is 16.2. The van der Waals surface area contributed by atoms with Gasteiger partial charge >= 0.3 is 5.97 Å². The fraction of sp³-hybridized carbons (Fsp3) is 0.350. The van der Waals surface area contributed by atoms with Gasteiger partial charge in [0.1, 0.15) is 0 Å². The van der Waals surface area contributed by atoms with Gasteiger partial charge < -0.3 is 5.11 Å². The molecule has 3 heteroatoms. The highest BCUT2D eigenvalue weighted by Gasteiger charge is 2.30. The first kappa shape index (κ1) is 15.8. The predicted octanol–water partition coefficient (Wildman–Crippen LogP) is 3.55. The van der Waals surface area contributed by atoms with Crippen molar-refractivity contribution in [2.75, 3.05) is 13.6 Å². The minimum absolute atomic E-state index is 0.0672. The predicted molar refractivity (Wildman–Crippen MR) is 91.4 cm³/mol. The Morgan fingerprint density at radius 3 is 2.48 bits per heavy atom. The second kappa shape index (κ2) is 6.97. The van der Waals surface area contributed by atoms with E-state index in [0.29, 0.717) is 5.92 Å². The average Bonchev–Trinajstić information content (AvgIpc) is 2.55. The number of fused-ring (bicyclic) bond motifs is 1. The SMILES string of the molecule is CN(CC(=O)O)C(c1ccccc1)C1CCc2ccccc2C1. The summed E-state index contributed by atoms with van der Waals surface area (Å²) >= 11 is 0. The lowest BCUT2D eigenvalue weighted by Gasteiger charge is -2.37. The molecule has 2 aromatic rings. The molecule has 2 unspecified atom stereocenters. The summed E-state index contributed by atoms with van der Waals surface area (Å²) in [6.45, 7) is 0.0672. The van der Waals surface area contributed by atoms with Crippen molar-refractivity contribution in [3.8, 4) is 0 Å². The molecule has 1 aliphatic rings. The lowest BCUT2D eigenvalue weighted by atomic mass is 9.77. The second-order valence-corrected chi connectivity index (χ2v) is 6.44. The minimum atomic E-state index is -0.773. The highest BCUT2D eigenvalue weighted by molar-refractivity contribution is 5.69. The lowest BCUT2D eigenvalue weighted by molar-refractivity contribution is -0.138. The first-order valence-electron chi connectivity index (χ1n) is 8.19. The minimum Gasteiger partial charge on any atom is -0.480 e. The Labute approximate surface area is 137 Å². The molecule has 0 bridgehead atoms. The van der Waals surface area contributed by atoms with Gasteiger partial charge in [-0.15, -0.1) is 0 Å². The largest absolute Gasteiger partial charge is 0.480 e. The van der Waals surface area contributed by atoms with E-state index in [0.717, 1.165) is 19.3 Å². The van der Waals surface area contributed by atoms with Gasteiger partial charge in [-0.2, -0.15) is 0 Å². The summed E-state index contributed by atoms with van der Waals surface area (Å²) < 4.78 is 0. The van der Waals surface area contributed by atoms with Crippen LogP contribution in [0.5, 0.6) is 0 Å². The maximum absolute atomic E-state index is 11.2. The van der Waals surface area contributed by atoms with Crippen LogP contribution in [0.1, 0.15) is 29.2 Å². The fourth-order valence-electron chi connectivity index (χ4n) is 3.84. The van der Waals surface area contributed by atoms with Crippen LogP contribution < -0.4 is 0 Å². The van der Waals surface area contributed by atoms with E-state index in [1.54, 1.807) is 0 Å². The molecule has 120 valence electrons. The molecule has 1 aliphatic carbocycles. The Hall–Kier alpha value is -2.13. The number of hydrogen-bond acceptors (Lipinski definition) is 2. The van der Waals surface area contributed by atoms with Gasteiger partial charge in [0.2, 0.25) is 0 Å². The van der Waals surface area contributed by atoms with E-state index in [1.165, 1.54) is 16.7 Å². The summed E-state index contributed by atoms with van der Waals surface area (Å²) in [7, 11) is 1.92. The van der Waals surface area contributed by atoms with Gasteiger partial charge in [0.15, 0.2) is 0 Å². The van der Waals surface area contributed by atoms with Crippen LogP contribution in [0.3, 0.4) is 0 Å². The molecule has 2 atom stereocenters. The number of rotatable bonds is 5. The van der Waals surface area contributed by atoms with E-state index in [4.69, 9.17) is 0 Å². The molecule has 0 amide bonds. The van der Waals surface area contributed by atoms with Crippen LogP contribution in [0.25, 0.3) is 0 Å². The molecule has 3 nitrogen and oxygen atoms in total. The van der Waals surface area contributed by atoms with Crippen molar-refractivity contribution >= 4 is 5.97 Å². The third-order valence-electron chi connectivity index (χ3n) is 4.83. The van der Waals surface area contributed by atoms with Gasteiger partial charge in [-0.1, -0.05) is 54.6 Å². The Morgan fingerprint density at radius 2 is 1.78 bits per heavy atom. The summed E-state index contributed by atoms with van der Waals surface area (Å²) in [5, 5.41) is 9.19. The van der Waals surface area contributed by atoms with E-state index in [-0.39, 0.29) is 12.6 Å². The van der Waals surface area contributed by atoms with Crippen LogP contribution in [-0.2, 0) is 17.6 Å². The second-order valence-electron chi connectivity index (χ2n) is 6.44. The molecular formula is C20H23NO2. The molecule has 0 radical (unpaired) electrons. The van der Waals surface area contributed by atoms with Crippen molar-refractivity contribution in [2.24, 2.45) is 5.92 Å². The van der Waals surface area contributed by atoms with Crippen molar-refractivity contribution in [3.05, 3.63) is 71.3 Å². The molecule has 0 aromatic heterocycles. The number of carboxylic acid groups (broad SMARTS) is 1. The van der Waals surface area contributed by atoms with Gasteiger partial charge in [0, 0.05) is 6.04 Å². The number of likely N-dealkylation sites (N-methyl/N-ethyl adjacent to an activating group) is 1. The van der Waals surface area contributed by atoms with E-state index < -0.39 is 5.97 Å². The van der Waals surface area contributed by atoms with Gasteiger partial charge in [-0.25, -0.2) is 0 Å². The zero-order valence-corrected chi connectivity index (χ0v) is 13.5. The Bertz CT molecular complexity index is 668. The van der Waals surface area contributed by atoms with Crippen LogP contribution in [-0.4, -0.2) is 29.6 Å². The zero-order valence-electron chi connectivity index (χ0n) is 13.5. The summed E-state index contributed by atoms with van der Waals surface area (Å²) in [6, 6.07) is 19.1. The topological polar surface area (TPSA) is 40.5 Å². The van der Waals surface area contributed by atoms with Gasteiger partial charge in [0.05, 0.1) is 6.54 Å². The highest BCUT2D eigenvalue weighted by Crippen LogP contribution is 2.37. The van der Waals surface area contributed by atoms with Gasteiger partial charge in [0.25, 0.3) is 0 Å². The molecule has 0 aliphatic heterocycles. The normalized spacial score (nSPS) is 18.4. The fourth-order valence-corrected chi connectivity index (χ4v) is 3.84. The van der Waals surface area contributed by atoms with E-state index >= 15 is 0 Å². The third-order valence-corrected chi connectivity index (χ3v) is 4.83. The number of nitrogens with zero attached hydrogens (tertiary/aromatic N) is 1. The number of aliphatic carboxylic acids is 1. The molecule has 1 N–H and O–H groups in total. The highest BCUT2D eigenvalue weighted by atomic mass is 16.4. The van der Waals surface area contributed by atoms with Crippen LogP contribution in [0.2, 0.25) is 0 Å². The van der Waals surface area contributed by atoms with Crippen molar-refractivity contribution in [1.82, 2.24) is 4.90 Å². The smallest absolute Gasteiger partial charge is 0.317 e. The molecule has 0 spiro atoms. The van der Waals surface area contributed by atoms with Crippen molar-refractivity contribution in [1.29, 1.82) is 0 Å². The maximum atomic E-state index is 11.2. The Balaban J connectivity index is 1.88. The van der Waals surface area contributed by atoms with Crippen molar-refractivity contribution < 1.29 is 9.90 Å². The van der Waals surface area contributed by atoms with E-state index in [9.17, 15) is 9.90 Å². The molecular weight excluding hydrogens is 286 g/mol. The van der Waals surface area contributed by atoms with Crippen LogP contribution in [0.4, 0.5) is 0 Å². The van der Waals surface area contributed by atoms with Crippen LogP contribution >= 0.6 is 0 Å². The first-order valence-corrected chi connectivity index (χ1v) is 8.19. The first-order chi connectivity index (χ1) is 11.1. The number of hydrogen-bond donors (Lipinski definition) is 1. The number of benzene rings is 2. The average molecular weight is 309 g/mol.